The number of aryl methyl sites for hydroxylation is 3. The number of nitrogens with one attached hydrogen (secondary N) is 1. The van der Waals surface area contributed by atoms with E-state index in [1.807, 2.05) is 26.8 Å². The first-order valence-corrected chi connectivity index (χ1v) is 7.73. The molecule has 4 nitrogen and oxygen atoms in total. The van der Waals surface area contributed by atoms with Gasteiger partial charge in [0.25, 0.3) is 10.0 Å². The smallest absolute Gasteiger partial charge is 0.261 e. The van der Waals surface area contributed by atoms with Gasteiger partial charge in [-0.25, -0.2) is 8.42 Å². The molecule has 20 heavy (non-hydrogen) atoms. The molecule has 0 aliphatic carbocycles. The third kappa shape index (κ3) is 3.11. The first-order chi connectivity index (χ1) is 9.28. The van der Waals surface area contributed by atoms with Crippen molar-refractivity contribution in [1.82, 2.24) is 0 Å². The molecule has 0 fully saturated rings. The third-order valence-electron chi connectivity index (χ3n) is 3.03. The molecule has 0 unspecified atom stereocenters. The fourth-order valence-corrected chi connectivity index (χ4v) is 3.11. The average molecular weight is 290 g/mol. The van der Waals surface area contributed by atoms with Gasteiger partial charge in [-0.05, 0) is 61.7 Å². The van der Waals surface area contributed by atoms with Crippen molar-refractivity contribution in [2.75, 3.05) is 10.5 Å². The molecule has 0 radical (unpaired) electrons. The van der Waals surface area contributed by atoms with Crippen LogP contribution in [0.1, 0.15) is 16.7 Å². The lowest BCUT2D eigenvalue weighted by molar-refractivity contribution is 0.601. The second kappa shape index (κ2) is 5.17. The Balaban J connectivity index is 2.37. The van der Waals surface area contributed by atoms with E-state index in [0.29, 0.717) is 11.4 Å². The number of sulfonamides is 1. The summed E-state index contributed by atoms with van der Waals surface area (Å²) in [6.45, 7) is 5.69. The lowest BCUT2D eigenvalue weighted by Gasteiger charge is -2.11. The van der Waals surface area contributed by atoms with Gasteiger partial charge in [0.1, 0.15) is 0 Å². The Morgan fingerprint density at radius 2 is 1.55 bits per heavy atom. The van der Waals surface area contributed by atoms with E-state index < -0.39 is 10.0 Å². The van der Waals surface area contributed by atoms with Crippen LogP contribution in [0.3, 0.4) is 0 Å². The highest BCUT2D eigenvalue weighted by molar-refractivity contribution is 7.92. The highest BCUT2D eigenvalue weighted by Gasteiger charge is 2.15. The molecule has 2 aromatic rings. The summed E-state index contributed by atoms with van der Waals surface area (Å²) in [4.78, 5) is 0.166. The van der Waals surface area contributed by atoms with Crippen LogP contribution in [0, 0.1) is 20.8 Å². The quantitative estimate of drug-likeness (QED) is 0.854. The molecule has 5 heteroatoms. The molecule has 0 atom stereocenters. The van der Waals surface area contributed by atoms with Gasteiger partial charge in [0.2, 0.25) is 0 Å². The molecule has 0 aromatic heterocycles. The zero-order chi connectivity index (χ0) is 14.9. The van der Waals surface area contributed by atoms with E-state index in [9.17, 15) is 8.42 Å². The second-order valence-corrected chi connectivity index (χ2v) is 6.68. The summed E-state index contributed by atoms with van der Waals surface area (Å²) in [5.74, 6) is 0. The molecule has 2 rings (SSSR count). The zero-order valence-corrected chi connectivity index (χ0v) is 12.6. The van der Waals surface area contributed by atoms with Crippen LogP contribution < -0.4 is 10.5 Å². The summed E-state index contributed by atoms with van der Waals surface area (Å²) in [6, 6.07) is 10.3. The van der Waals surface area contributed by atoms with Gasteiger partial charge >= 0.3 is 0 Å². The standard InChI is InChI=1S/C15H18N2O2S/c1-10-6-11(2)8-13(7-10)17-20(18,19)14-5-4-12(3)15(16)9-14/h4-9,17H,16H2,1-3H3. The molecule has 0 saturated heterocycles. The van der Waals surface area contributed by atoms with Crippen LogP contribution in [-0.2, 0) is 10.0 Å². The Morgan fingerprint density at radius 1 is 0.950 bits per heavy atom. The summed E-state index contributed by atoms with van der Waals surface area (Å²) in [5.41, 5.74) is 9.66. The van der Waals surface area contributed by atoms with E-state index in [0.717, 1.165) is 16.7 Å². The number of nitrogens with two attached hydrogens (primary N) is 1. The van der Waals surface area contributed by atoms with Crippen molar-refractivity contribution in [3.05, 3.63) is 53.1 Å². The van der Waals surface area contributed by atoms with Gasteiger partial charge in [-0.1, -0.05) is 12.1 Å². The molecule has 3 N–H and O–H groups in total. The minimum absolute atomic E-state index is 0.166. The molecule has 0 heterocycles. The molecule has 0 aliphatic rings. The van der Waals surface area contributed by atoms with Crippen LogP contribution >= 0.6 is 0 Å². The van der Waals surface area contributed by atoms with E-state index in [-0.39, 0.29) is 4.90 Å². The Kier molecular flexibility index (Phi) is 3.72. The van der Waals surface area contributed by atoms with Crippen LogP contribution in [0.15, 0.2) is 41.3 Å². The lowest BCUT2D eigenvalue weighted by atomic mass is 10.1. The van der Waals surface area contributed by atoms with E-state index in [1.54, 1.807) is 24.3 Å². The summed E-state index contributed by atoms with van der Waals surface area (Å²) >= 11 is 0. The van der Waals surface area contributed by atoms with Crippen molar-refractivity contribution in [1.29, 1.82) is 0 Å². The number of nitrogen functional groups attached to an aromatic ring is 1. The highest BCUT2D eigenvalue weighted by Crippen LogP contribution is 2.21. The van der Waals surface area contributed by atoms with E-state index in [2.05, 4.69) is 4.72 Å². The maximum absolute atomic E-state index is 12.3. The summed E-state index contributed by atoms with van der Waals surface area (Å²) in [6.07, 6.45) is 0. The van der Waals surface area contributed by atoms with Crippen LogP contribution in [0.2, 0.25) is 0 Å². The Labute approximate surface area is 119 Å². The topological polar surface area (TPSA) is 72.2 Å². The Bertz CT molecular complexity index is 732. The molecule has 2 aromatic carbocycles. The Hall–Kier alpha value is -2.01. The highest BCUT2D eigenvalue weighted by atomic mass is 32.2. The van der Waals surface area contributed by atoms with Gasteiger partial charge in [-0.15, -0.1) is 0 Å². The Morgan fingerprint density at radius 3 is 2.10 bits per heavy atom. The molecule has 0 amide bonds. The molecular formula is C15H18N2O2S. The number of rotatable bonds is 3. The zero-order valence-electron chi connectivity index (χ0n) is 11.8. The summed E-state index contributed by atoms with van der Waals surface area (Å²) < 4.78 is 27.2. The van der Waals surface area contributed by atoms with Gasteiger partial charge < -0.3 is 5.73 Å². The number of hydrogen-bond acceptors (Lipinski definition) is 3. The van der Waals surface area contributed by atoms with Crippen LogP contribution in [0.25, 0.3) is 0 Å². The van der Waals surface area contributed by atoms with Crippen LogP contribution in [0.5, 0.6) is 0 Å². The van der Waals surface area contributed by atoms with Gasteiger partial charge in [-0.3, -0.25) is 4.72 Å². The number of hydrogen-bond donors (Lipinski definition) is 2. The number of benzene rings is 2. The second-order valence-electron chi connectivity index (χ2n) is 5.00. The SMILES string of the molecule is Cc1cc(C)cc(NS(=O)(=O)c2ccc(C)c(N)c2)c1. The fourth-order valence-electron chi connectivity index (χ4n) is 2.03. The van der Waals surface area contributed by atoms with E-state index >= 15 is 0 Å². The van der Waals surface area contributed by atoms with Gasteiger partial charge in [0, 0.05) is 11.4 Å². The first kappa shape index (κ1) is 14.4. The number of anilines is 2. The predicted octanol–water partition coefficient (Wildman–Crippen LogP) is 2.99. The third-order valence-corrected chi connectivity index (χ3v) is 4.41. The molecule has 0 spiro atoms. The van der Waals surface area contributed by atoms with Gasteiger partial charge in [0.05, 0.1) is 4.90 Å². The van der Waals surface area contributed by atoms with Crippen LogP contribution in [-0.4, -0.2) is 8.42 Å². The average Bonchev–Trinajstić information content (AvgIpc) is 2.30. The minimum Gasteiger partial charge on any atom is -0.398 e. The maximum Gasteiger partial charge on any atom is 0.261 e. The van der Waals surface area contributed by atoms with Crippen molar-refractivity contribution >= 4 is 21.4 Å². The fraction of sp³-hybridized carbons (Fsp3) is 0.200. The van der Waals surface area contributed by atoms with Crippen molar-refractivity contribution in [2.24, 2.45) is 0 Å². The summed E-state index contributed by atoms with van der Waals surface area (Å²) in [7, 11) is -3.62. The van der Waals surface area contributed by atoms with E-state index in [4.69, 9.17) is 5.73 Å². The lowest BCUT2D eigenvalue weighted by Crippen LogP contribution is -2.13. The largest absolute Gasteiger partial charge is 0.398 e. The normalized spacial score (nSPS) is 11.3. The maximum atomic E-state index is 12.3. The minimum atomic E-state index is -3.62. The summed E-state index contributed by atoms with van der Waals surface area (Å²) in [5, 5.41) is 0. The van der Waals surface area contributed by atoms with Gasteiger partial charge in [0.15, 0.2) is 0 Å². The molecule has 0 saturated carbocycles. The van der Waals surface area contributed by atoms with Crippen molar-refractivity contribution in [2.45, 2.75) is 25.7 Å². The van der Waals surface area contributed by atoms with Gasteiger partial charge in [-0.2, -0.15) is 0 Å². The monoisotopic (exact) mass is 290 g/mol. The molecule has 0 aliphatic heterocycles. The molecular weight excluding hydrogens is 272 g/mol. The van der Waals surface area contributed by atoms with Crippen LogP contribution in [0.4, 0.5) is 11.4 Å². The first-order valence-electron chi connectivity index (χ1n) is 6.25. The van der Waals surface area contributed by atoms with Crippen molar-refractivity contribution < 1.29 is 8.42 Å². The predicted molar refractivity (Wildman–Crippen MR) is 82.3 cm³/mol. The van der Waals surface area contributed by atoms with Crippen molar-refractivity contribution in [3.63, 3.8) is 0 Å². The van der Waals surface area contributed by atoms with Crippen molar-refractivity contribution in [3.8, 4) is 0 Å². The van der Waals surface area contributed by atoms with E-state index in [1.165, 1.54) is 6.07 Å². The molecule has 0 bridgehead atoms. The molecule has 106 valence electrons.